The lowest BCUT2D eigenvalue weighted by atomic mass is 10.2. The number of nitrogens with one attached hydrogen (secondary N) is 2. The summed E-state index contributed by atoms with van der Waals surface area (Å²) in [6, 6.07) is 2.16. The molecule has 2 rings (SSSR count). The van der Waals surface area contributed by atoms with Crippen molar-refractivity contribution in [1.29, 1.82) is 0 Å². The van der Waals surface area contributed by atoms with Gasteiger partial charge < -0.3 is 5.32 Å². The number of aryl methyl sites for hydroxylation is 1. The number of anilines is 2. The molecule has 0 aliphatic carbocycles. The van der Waals surface area contributed by atoms with Crippen LogP contribution in [0.4, 0.5) is 11.8 Å². The van der Waals surface area contributed by atoms with Crippen LogP contribution in [0.1, 0.15) is 25.6 Å². The summed E-state index contributed by atoms with van der Waals surface area (Å²) in [6.07, 6.45) is 3.12. The van der Waals surface area contributed by atoms with Crippen molar-refractivity contribution < 1.29 is 0 Å². The topological polar surface area (TPSA) is 75.9 Å². The summed E-state index contributed by atoms with van der Waals surface area (Å²) in [5, 5.41) is 4.50. The Morgan fingerprint density at radius 1 is 1.40 bits per heavy atom. The first-order valence-electron chi connectivity index (χ1n) is 6.55. The van der Waals surface area contributed by atoms with Gasteiger partial charge in [-0.05, 0) is 32.6 Å². The van der Waals surface area contributed by atoms with Crippen molar-refractivity contribution in [3.63, 3.8) is 0 Å². The zero-order valence-electron chi connectivity index (χ0n) is 12.3. The highest BCUT2D eigenvalue weighted by Gasteiger charge is 2.17. The third kappa shape index (κ3) is 3.34. The van der Waals surface area contributed by atoms with E-state index in [2.05, 4.69) is 53.8 Å². The molecule has 0 saturated heterocycles. The minimum atomic E-state index is 0.150. The molecule has 2 aromatic rings. The van der Waals surface area contributed by atoms with Crippen LogP contribution in [-0.2, 0) is 6.42 Å². The molecule has 0 bridgehead atoms. The van der Waals surface area contributed by atoms with Crippen LogP contribution in [0.5, 0.6) is 0 Å². The minimum Gasteiger partial charge on any atom is -0.368 e. The number of hydrazine groups is 1. The molecule has 0 fully saturated rings. The lowest BCUT2D eigenvalue weighted by Crippen LogP contribution is -2.26. The molecule has 7 heteroatoms. The summed E-state index contributed by atoms with van der Waals surface area (Å²) in [7, 11) is 0. The molecule has 2 aromatic heterocycles. The van der Waals surface area contributed by atoms with E-state index < -0.39 is 0 Å². The first kappa shape index (κ1) is 15.3. The van der Waals surface area contributed by atoms with Gasteiger partial charge in [-0.25, -0.2) is 10.8 Å². The molecular weight excluding hydrogens is 290 g/mol. The van der Waals surface area contributed by atoms with Crippen LogP contribution in [0.2, 0.25) is 0 Å². The fraction of sp³-hybridized carbons (Fsp3) is 0.538. The average molecular weight is 311 g/mol. The van der Waals surface area contributed by atoms with Crippen molar-refractivity contribution in [1.82, 2.24) is 9.97 Å². The maximum Gasteiger partial charge on any atom is 0.240 e. The number of fused-ring (bicyclic) bond motifs is 1. The Hall–Kier alpha value is -1.05. The van der Waals surface area contributed by atoms with Crippen LogP contribution in [0, 0.1) is 0 Å². The van der Waals surface area contributed by atoms with Gasteiger partial charge in [0, 0.05) is 16.2 Å². The summed E-state index contributed by atoms with van der Waals surface area (Å²) in [5.74, 6) is 6.75. The van der Waals surface area contributed by atoms with E-state index >= 15 is 0 Å². The number of rotatable bonds is 6. The molecule has 5 nitrogen and oxygen atoms in total. The van der Waals surface area contributed by atoms with E-state index in [0.29, 0.717) is 5.95 Å². The van der Waals surface area contributed by atoms with E-state index in [1.54, 1.807) is 11.3 Å². The van der Waals surface area contributed by atoms with Crippen molar-refractivity contribution in [3.8, 4) is 0 Å². The number of thioether (sulfide) groups is 1. The Morgan fingerprint density at radius 3 is 2.75 bits per heavy atom. The lowest BCUT2D eigenvalue weighted by molar-refractivity contribution is 0.751. The fourth-order valence-electron chi connectivity index (χ4n) is 1.71. The largest absolute Gasteiger partial charge is 0.368 e. The maximum absolute atomic E-state index is 5.45. The van der Waals surface area contributed by atoms with Gasteiger partial charge in [0.05, 0.1) is 5.39 Å². The second-order valence-corrected chi connectivity index (χ2v) is 7.77. The van der Waals surface area contributed by atoms with Gasteiger partial charge in [0.25, 0.3) is 0 Å². The summed E-state index contributed by atoms with van der Waals surface area (Å²) in [5.41, 5.74) is 2.54. The number of aromatic nitrogens is 2. The number of hydrogen-bond donors (Lipinski definition) is 3. The van der Waals surface area contributed by atoms with Gasteiger partial charge in [-0.1, -0.05) is 6.92 Å². The maximum atomic E-state index is 5.45. The Bertz CT molecular complexity index is 594. The molecule has 110 valence electrons. The zero-order valence-corrected chi connectivity index (χ0v) is 13.9. The molecule has 0 saturated carbocycles. The molecular formula is C13H21N5S2. The van der Waals surface area contributed by atoms with Gasteiger partial charge >= 0.3 is 0 Å². The third-order valence-electron chi connectivity index (χ3n) is 3.16. The van der Waals surface area contributed by atoms with E-state index in [9.17, 15) is 0 Å². The van der Waals surface area contributed by atoms with Crippen molar-refractivity contribution in [2.75, 3.05) is 23.5 Å². The number of nitrogen functional groups attached to an aromatic ring is 1. The van der Waals surface area contributed by atoms with Crippen LogP contribution in [0.3, 0.4) is 0 Å². The summed E-state index contributed by atoms with van der Waals surface area (Å²) in [6.45, 7) is 7.39. The SMILES string of the molecule is CCc1cc2c(NCC(C)(C)SC)nc(NN)nc2s1. The summed E-state index contributed by atoms with van der Waals surface area (Å²) < 4.78 is 0.150. The lowest BCUT2D eigenvalue weighted by Gasteiger charge is -2.22. The molecule has 0 aliphatic heterocycles. The van der Waals surface area contributed by atoms with Crippen LogP contribution in [0.15, 0.2) is 6.07 Å². The van der Waals surface area contributed by atoms with Crippen LogP contribution in [-0.4, -0.2) is 27.5 Å². The second kappa shape index (κ2) is 6.15. The Labute approximate surface area is 127 Å². The summed E-state index contributed by atoms with van der Waals surface area (Å²) in [4.78, 5) is 11.1. The number of nitrogens with two attached hydrogens (primary N) is 1. The fourth-order valence-corrected chi connectivity index (χ4v) is 2.90. The van der Waals surface area contributed by atoms with Gasteiger partial charge in [0.1, 0.15) is 10.6 Å². The minimum absolute atomic E-state index is 0.150. The number of nitrogens with zero attached hydrogens (tertiary/aromatic N) is 2. The number of hydrogen-bond acceptors (Lipinski definition) is 7. The first-order valence-corrected chi connectivity index (χ1v) is 8.59. The molecule has 0 spiro atoms. The molecule has 2 heterocycles. The first-order chi connectivity index (χ1) is 9.49. The second-order valence-electron chi connectivity index (χ2n) is 5.14. The smallest absolute Gasteiger partial charge is 0.240 e. The molecule has 20 heavy (non-hydrogen) atoms. The molecule has 0 aromatic carbocycles. The van der Waals surface area contributed by atoms with E-state index in [4.69, 9.17) is 5.84 Å². The van der Waals surface area contributed by atoms with Crippen molar-refractivity contribution in [3.05, 3.63) is 10.9 Å². The normalized spacial score (nSPS) is 11.8. The van der Waals surface area contributed by atoms with Gasteiger partial charge in [-0.3, -0.25) is 5.43 Å². The van der Waals surface area contributed by atoms with Gasteiger partial charge in [-0.2, -0.15) is 16.7 Å². The standard InChI is InChI=1S/C13H21N5S2/c1-5-8-6-9-10(15-7-13(2,3)19-4)16-12(18-14)17-11(9)20-8/h6H,5,7,14H2,1-4H3,(H2,15,16,17,18). The van der Waals surface area contributed by atoms with Gasteiger partial charge in [-0.15, -0.1) is 11.3 Å². The highest BCUT2D eigenvalue weighted by Crippen LogP contribution is 2.31. The third-order valence-corrected chi connectivity index (χ3v) is 5.58. The molecule has 0 aliphatic rings. The van der Waals surface area contributed by atoms with Crippen molar-refractivity contribution in [2.45, 2.75) is 31.9 Å². The predicted molar refractivity (Wildman–Crippen MR) is 90.7 cm³/mol. The zero-order chi connectivity index (χ0) is 14.8. The predicted octanol–water partition coefficient (Wildman–Crippen LogP) is 3.09. The Balaban J connectivity index is 2.36. The Kier molecular flexibility index (Phi) is 4.72. The average Bonchev–Trinajstić information content (AvgIpc) is 2.87. The van der Waals surface area contributed by atoms with E-state index in [1.807, 2.05) is 11.8 Å². The van der Waals surface area contributed by atoms with E-state index in [0.717, 1.165) is 29.0 Å². The van der Waals surface area contributed by atoms with Crippen molar-refractivity contribution in [2.24, 2.45) is 5.84 Å². The van der Waals surface area contributed by atoms with Crippen LogP contribution >= 0.6 is 23.1 Å². The molecule has 0 unspecified atom stereocenters. The highest BCUT2D eigenvalue weighted by atomic mass is 32.2. The van der Waals surface area contributed by atoms with E-state index in [-0.39, 0.29) is 4.75 Å². The van der Waals surface area contributed by atoms with Gasteiger partial charge in [0.2, 0.25) is 5.95 Å². The van der Waals surface area contributed by atoms with Crippen molar-refractivity contribution >= 4 is 45.1 Å². The van der Waals surface area contributed by atoms with Crippen LogP contribution < -0.4 is 16.6 Å². The molecule has 4 N–H and O–H groups in total. The van der Waals surface area contributed by atoms with E-state index in [1.165, 1.54) is 4.88 Å². The summed E-state index contributed by atoms with van der Waals surface area (Å²) >= 11 is 3.52. The highest BCUT2D eigenvalue weighted by molar-refractivity contribution is 7.99. The van der Waals surface area contributed by atoms with Crippen LogP contribution in [0.25, 0.3) is 10.2 Å². The quantitative estimate of drug-likeness (QED) is 0.562. The molecule has 0 radical (unpaired) electrons. The Morgan fingerprint density at radius 2 is 2.15 bits per heavy atom. The molecule has 0 amide bonds. The van der Waals surface area contributed by atoms with Gasteiger partial charge in [0.15, 0.2) is 0 Å². The monoisotopic (exact) mass is 311 g/mol. The molecule has 0 atom stereocenters. The number of thiophene rings is 1.